The molecule has 1 nitrogen and oxygen atoms in total. The molecule has 8 aromatic carbocycles. The van der Waals surface area contributed by atoms with E-state index in [1.54, 1.807) is 0 Å². The molecule has 0 amide bonds. The number of benzene rings is 8. The van der Waals surface area contributed by atoms with E-state index in [1.807, 2.05) is 0 Å². The van der Waals surface area contributed by atoms with Crippen LogP contribution in [0.1, 0.15) is 25.0 Å². The minimum Gasteiger partial charge on any atom is -0.310 e. The molecule has 0 radical (unpaired) electrons. The largest absolute Gasteiger partial charge is 0.310 e. The van der Waals surface area contributed by atoms with Gasteiger partial charge in [0.25, 0.3) is 0 Å². The van der Waals surface area contributed by atoms with Crippen molar-refractivity contribution < 1.29 is 0 Å². The fourth-order valence-electron chi connectivity index (χ4n) is 7.85. The summed E-state index contributed by atoms with van der Waals surface area (Å²) < 4.78 is 0. The van der Waals surface area contributed by atoms with Crippen LogP contribution in [0.2, 0.25) is 0 Å². The normalized spacial score (nSPS) is 12.8. The average Bonchev–Trinajstić information content (AvgIpc) is 3.40. The standard InChI is InChI=1S/C49H37N/c1-49(2)47-32-39(44-22-12-16-36-15-9-10-21-43(36)44)25-29-45(47)46-30-28-42(33-48(46)49)50(40-19-7-4-8-20-40)41-26-23-35(24-27-41)38-18-11-17-37(31-38)34-13-5-3-6-14-34/h3-33H,1-2H3. The first kappa shape index (κ1) is 29.9. The van der Waals surface area contributed by atoms with Crippen molar-refractivity contribution >= 4 is 27.8 Å². The summed E-state index contributed by atoms with van der Waals surface area (Å²) in [6, 6.07) is 68.5. The molecule has 0 saturated heterocycles. The van der Waals surface area contributed by atoms with Crippen molar-refractivity contribution in [3.63, 3.8) is 0 Å². The Balaban J connectivity index is 1.09. The van der Waals surface area contributed by atoms with E-state index in [0.717, 1.165) is 17.1 Å². The minimum atomic E-state index is -0.156. The topological polar surface area (TPSA) is 3.24 Å². The van der Waals surface area contributed by atoms with Gasteiger partial charge in [0.05, 0.1) is 0 Å². The van der Waals surface area contributed by atoms with Gasteiger partial charge in [-0.2, -0.15) is 0 Å². The van der Waals surface area contributed by atoms with Gasteiger partial charge in [-0.05, 0) is 115 Å². The van der Waals surface area contributed by atoms with E-state index >= 15 is 0 Å². The highest BCUT2D eigenvalue weighted by Crippen LogP contribution is 2.52. The molecule has 50 heavy (non-hydrogen) atoms. The fourth-order valence-corrected chi connectivity index (χ4v) is 7.85. The van der Waals surface area contributed by atoms with Gasteiger partial charge in [0.2, 0.25) is 0 Å². The lowest BCUT2D eigenvalue weighted by Gasteiger charge is -2.28. The molecule has 0 saturated carbocycles. The Bertz CT molecular complexity index is 2490. The molecule has 1 heteroatoms. The Morgan fingerprint density at radius 3 is 1.62 bits per heavy atom. The highest BCUT2D eigenvalue weighted by molar-refractivity contribution is 5.98. The van der Waals surface area contributed by atoms with Crippen molar-refractivity contribution in [2.75, 3.05) is 4.90 Å². The third-order valence-corrected chi connectivity index (χ3v) is 10.5. The van der Waals surface area contributed by atoms with E-state index in [2.05, 4.69) is 207 Å². The molecule has 1 aliphatic carbocycles. The molecule has 0 aromatic heterocycles. The second-order valence-corrected chi connectivity index (χ2v) is 13.8. The maximum Gasteiger partial charge on any atom is 0.0465 e. The first-order valence-corrected chi connectivity index (χ1v) is 17.4. The van der Waals surface area contributed by atoms with Crippen molar-refractivity contribution in [1.29, 1.82) is 0 Å². The molecule has 0 bridgehead atoms. The number of nitrogens with zero attached hydrogens (tertiary/aromatic N) is 1. The number of hydrogen-bond donors (Lipinski definition) is 0. The van der Waals surface area contributed by atoms with Gasteiger partial charge in [0, 0.05) is 22.5 Å². The fraction of sp³-hybridized carbons (Fsp3) is 0.0612. The van der Waals surface area contributed by atoms with Crippen LogP contribution in [0.5, 0.6) is 0 Å². The van der Waals surface area contributed by atoms with E-state index in [4.69, 9.17) is 0 Å². The van der Waals surface area contributed by atoms with Crippen LogP contribution >= 0.6 is 0 Å². The van der Waals surface area contributed by atoms with Gasteiger partial charge < -0.3 is 4.90 Å². The van der Waals surface area contributed by atoms with Gasteiger partial charge in [-0.15, -0.1) is 0 Å². The SMILES string of the molecule is CC1(C)c2cc(-c3cccc4ccccc34)ccc2-c2ccc(N(c3ccccc3)c3ccc(-c4cccc(-c5ccccc5)c4)cc3)cc21. The number of rotatable bonds is 6. The van der Waals surface area contributed by atoms with Crippen LogP contribution in [-0.4, -0.2) is 0 Å². The molecule has 1 aliphatic rings. The second kappa shape index (κ2) is 12.1. The highest BCUT2D eigenvalue weighted by atomic mass is 15.1. The van der Waals surface area contributed by atoms with E-state index in [-0.39, 0.29) is 5.41 Å². The molecular formula is C49H37N. The van der Waals surface area contributed by atoms with Crippen LogP contribution in [0, 0.1) is 0 Å². The maximum absolute atomic E-state index is 2.43. The molecule has 0 heterocycles. The molecule has 238 valence electrons. The summed E-state index contributed by atoms with van der Waals surface area (Å²) in [5, 5.41) is 2.56. The summed E-state index contributed by atoms with van der Waals surface area (Å²) in [5.74, 6) is 0. The monoisotopic (exact) mass is 639 g/mol. The second-order valence-electron chi connectivity index (χ2n) is 13.8. The Labute approximate surface area is 294 Å². The third kappa shape index (κ3) is 5.11. The number of hydrogen-bond acceptors (Lipinski definition) is 1. The lowest BCUT2D eigenvalue weighted by Crippen LogP contribution is -2.16. The van der Waals surface area contributed by atoms with E-state index in [1.165, 1.54) is 66.4 Å². The van der Waals surface area contributed by atoms with Crippen molar-refractivity contribution in [2.24, 2.45) is 0 Å². The lowest BCUT2D eigenvalue weighted by molar-refractivity contribution is 0.660. The van der Waals surface area contributed by atoms with Crippen LogP contribution in [0.4, 0.5) is 17.1 Å². The van der Waals surface area contributed by atoms with Gasteiger partial charge in [-0.3, -0.25) is 0 Å². The summed E-state index contributed by atoms with van der Waals surface area (Å²) in [6.45, 7) is 4.75. The van der Waals surface area contributed by atoms with Gasteiger partial charge in [-0.1, -0.05) is 153 Å². The highest BCUT2D eigenvalue weighted by Gasteiger charge is 2.36. The summed E-state index contributed by atoms with van der Waals surface area (Å²) in [6.07, 6.45) is 0. The van der Waals surface area contributed by atoms with Gasteiger partial charge in [0.1, 0.15) is 0 Å². The predicted molar refractivity (Wildman–Crippen MR) is 213 cm³/mol. The zero-order valence-corrected chi connectivity index (χ0v) is 28.3. The minimum absolute atomic E-state index is 0.156. The molecule has 0 unspecified atom stereocenters. The van der Waals surface area contributed by atoms with Gasteiger partial charge in [0.15, 0.2) is 0 Å². The molecule has 0 fully saturated rings. The Morgan fingerprint density at radius 2 is 0.860 bits per heavy atom. The van der Waals surface area contributed by atoms with E-state index < -0.39 is 0 Å². The van der Waals surface area contributed by atoms with Gasteiger partial charge >= 0.3 is 0 Å². The van der Waals surface area contributed by atoms with Crippen molar-refractivity contribution in [2.45, 2.75) is 19.3 Å². The molecule has 0 spiro atoms. The van der Waals surface area contributed by atoms with E-state index in [9.17, 15) is 0 Å². The van der Waals surface area contributed by atoms with Crippen molar-refractivity contribution in [3.8, 4) is 44.5 Å². The summed E-state index contributed by atoms with van der Waals surface area (Å²) in [7, 11) is 0. The Morgan fingerprint density at radius 1 is 0.340 bits per heavy atom. The number of para-hydroxylation sites is 1. The molecule has 0 atom stereocenters. The molecule has 9 rings (SSSR count). The zero-order chi connectivity index (χ0) is 33.7. The number of anilines is 3. The van der Waals surface area contributed by atoms with Crippen LogP contribution in [0.3, 0.4) is 0 Å². The lowest BCUT2D eigenvalue weighted by atomic mass is 9.81. The third-order valence-electron chi connectivity index (χ3n) is 10.5. The quantitative estimate of drug-likeness (QED) is 0.175. The first-order chi connectivity index (χ1) is 24.5. The Kier molecular flexibility index (Phi) is 7.21. The summed E-state index contributed by atoms with van der Waals surface area (Å²) in [4.78, 5) is 2.38. The van der Waals surface area contributed by atoms with E-state index in [0.29, 0.717) is 0 Å². The summed E-state index contributed by atoms with van der Waals surface area (Å²) in [5.41, 5.74) is 16.1. The van der Waals surface area contributed by atoms with Crippen LogP contribution in [0.15, 0.2) is 188 Å². The zero-order valence-electron chi connectivity index (χ0n) is 28.3. The Hall–Kier alpha value is -6.18. The average molecular weight is 640 g/mol. The van der Waals surface area contributed by atoms with Crippen molar-refractivity contribution in [1.82, 2.24) is 0 Å². The van der Waals surface area contributed by atoms with Crippen LogP contribution in [0.25, 0.3) is 55.3 Å². The first-order valence-electron chi connectivity index (χ1n) is 17.4. The smallest absolute Gasteiger partial charge is 0.0465 e. The summed E-state index contributed by atoms with van der Waals surface area (Å²) >= 11 is 0. The molecular weight excluding hydrogens is 603 g/mol. The van der Waals surface area contributed by atoms with Crippen LogP contribution < -0.4 is 4.90 Å². The number of fused-ring (bicyclic) bond motifs is 4. The molecule has 8 aromatic rings. The maximum atomic E-state index is 2.43. The van der Waals surface area contributed by atoms with Gasteiger partial charge in [-0.25, -0.2) is 0 Å². The predicted octanol–water partition coefficient (Wildman–Crippen LogP) is 13.6. The molecule has 0 N–H and O–H groups in total. The van der Waals surface area contributed by atoms with Crippen LogP contribution in [-0.2, 0) is 5.41 Å². The van der Waals surface area contributed by atoms with Crippen molar-refractivity contribution in [3.05, 3.63) is 199 Å². The molecule has 0 aliphatic heterocycles.